The minimum absolute atomic E-state index is 0.225. The summed E-state index contributed by atoms with van der Waals surface area (Å²) in [5.41, 5.74) is 1.60. The Morgan fingerprint density at radius 2 is 2.05 bits per heavy atom. The second-order valence-electron chi connectivity index (χ2n) is 4.51. The van der Waals surface area contributed by atoms with E-state index in [-0.39, 0.29) is 5.78 Å². The molecule has 1 heterocycles. The van der Waals surface area contributed by atoms with E-state index in [1.807, 2.05) is 13.0 Å². The molecule has 1 unspecified atom stereocenters. The van der Waals surface area contributed by atoms with Crippen molar-refractivity contribution < 1.29 is 14.3 Å². The van der Waals surface area contributed by atoms with Gasteiger partial charge in [-0.3, -0.25) is 4.79 Å². The molecule has 2 aromatic rings. The van der Waals surface area contributed by atoms with Crippen LogP contribution in [-0.4, -0.2) is 20.0 Å². The van der Waals surface area contributed by atoms with E-state index < -0.39 is 5.92 Å². The normalized spacial score (nSPS) is 11.5. The molecule has 1 aromatic heterocycles. The Hall–Kier alpha value is -2.32. The first-order valence-electron chi connectivity index (χ1n) is 6.31. The van der Waals surface area contributed by atoms with Crippen LogP contribution >= 0.6 is 11.3 Å². The standard InChI is InChI=1S/C16H15NO3S/c1-10-4-5-11(6-14(10)20-3)13(8-17)16(18)15-7-12(19-2)9-21-15/h4-7,9,13H,1-3H3. The maximum atomic E-state index is 12.5. The predicted octanol–water partition coefficient (Wildman–Crippen LogP) is 3.56. The van der Waals surface area contributed by atoms with Crippen LogP contribution in [0.2, 0.25) is 0 Å². The highest BCUT2D eigenvalue weighted by molar-refractivity contribution is 7.12. The number of thiophene rings is 1. The molecule has 0 saturated heterocycles. The summed E-state index contributed by atoms with van der Waals surface area (Å²) in [6.07, 6.45) is 0. The van der Waals surface area contributed by atoms with Crippen molar-refractivity contribution in [3.8, 4) is 17.6 Å². The number of hydrogen-bond acceptors (Lipinski definition) is 5. The van der Waals surface area contributed by atoms with Crippen molar-refractivity contribution >= 4 is 17.1 Å². The minimum Gasteiger partial charge on any atom is -0.496 e. The van der Waals surface area contributed by atoms with Crippen molar-refractivity contribution in [2.45, 2.75) is 12.8 Å². The van der Waals surface area contributed by atoms with Gasteiger partial charge in [-0.1, -0.05) is 12.1 Å². The number of rotatable bonds is 5. The number of aryl methyl sites for hydroxylation is 1. The van der Waals surface area contributed by atoms with Gasteiger partial charge >= 0.3 is 0 Å². The number of Topliss-reactive ketones (excluding diaryl/α,β-unsaturated/α-hetero) is 1. The Labute approximate surface area is 127 Å². The molecule has 0 N–H and O–H groups in total. The van der Waals surface area contributed by atoms with Gasteiger partial charge in [-0.25, -0.2) is 0 Å². The average Bonchev–Trinajstić information content (AvgIpc) is 2.98. The lowest BCUT2D eigenvalue weighted by molar-refractivity contribution is 0.0982. The fourth-order valence-electron chi connectivity index (χ4n) is 2.00. The number of benzene rings is 1. The molecular formula is C16H15NO3S. The van der Waals surface area contributed by atoms with E-state index in [1.165, 1.54) is 11.3 Å². The molecule has 21 heavy (non-hydrogen) atoms. The zero-order valence-electron chi connectivity index (χ0n) is 12.0. The molecule has 0 radical (unpaired) electrons. The molecule has 2 rings (SSSR count). The SMILES string of the molecule is COc1csc(C(=O)C(C#N)c2ccc(C)c(OC)c2)c1. The quantitative estimate of drug-likeness (QED) is 0.792. The predicted molar refractivity (Wildman–Crippen MR) is 81.3 cm³/mol. The molecule has 4 nitrogen and oxygen atoms in total. The summed E-state index contributed by atoms with van der Waals surface area (Å²) in [6, 6.07) is 9.11. The van der Waals surface area contributed by atoms with Crippen molar-refractivity contribution in [1.29, 1.82) is 5.26 Å². The van der Waals surface area contributed by atoms with E-state index in [1.54, 1.807) is 37.8 Å². The van der Waals surface area contributed by atoms with Crippen molar-refractivity contribution in [2.24, 2.45) is 0 Å². The molecule has 0 fully saturated rings. The number of hydrogen-bond donors (Lipinski definition) is 0. The molecule has 0 aliphatic rings. The van der Waals surface area contributed by atoms with Gasteiger partial charge in [0.1, 0.15) is 17.4 Å². The van der Waals surface area contributed by atoms with Crippen LogP contribution < -0.4 is 9.47 Å². The summed E-state index contributed by atoms with van der Waals surface area (Å²) in [5.74, 6) is 0.227. The summed E-state index contributed by atoms with van der Waals surface area (Å²) >= 11 is 1.28. The molecule has 0 amide bonds. The maximum Gasteiger partial charge on any atom is 0.194 e. The second-order valence-corrected chi connectivity index (χ2v) is 5.42. The average molecular weight is 301 g/mol. The van der Waals surface area contributed by atoms with Crippen LogP contribution in [0.3, 0.4) is 0 Å². The Bertz CT molecular complexity index is 700. The molecule has 0 spiro atoms. The van der Waals surface area contributed by atoms with Crippen molar-refractivity contribution in [2.75, 3.05) is 14.2 Å². The number of nitriles is 1. The van der Waals surface area contributed by atoms with E-state index in [9.17, 15) is 10.1 Å². The first kappa shape index (κ1) is 15.1. The van der Waals surface area contributed by atoms with E-state index in [0.29, 0.717) is 21.9 Å². The van der Waals surface area contributed by atoms with Crippen LogP contribution in [0.25, 0.3) is 0 Å². The van der Waals surface area contributed by atoms with Crippen LogP contribution in [0.15, 0.2) is 29.6 Å². The lowest BCUT2D eigenvalue weighted by atomic mass is 9.94. The third-order valence-corrected chi connectivity index (χ3v) is 4.13. The monoisotopic (exact) mass is 301 g/mol. The molecule has 0 saturated carbocycles. The zero-order valence-corrected chi connectivity index (χ0v) is 12.9. The first-order chi connectivity index (χ1) is 10.1. The summed E-state index contributed by atoms with van der Waals surface area (Å²) < 4.78 is 10.3. The zero-order chi connectivity index (χ0) is 15.4. The van der Waals surface area contributed by atoms with Crippen molar-refractivity contribution in [3.05, 3.63) is 45.6 Å². The highest BCUT2D eigenvalue weighted by Crippen LogP contribution is 2.30. The highest BCUT2D eigenvalue weighted by atomic mass is 32.1. The summed E-state index contributed by atoms with van der Waals surface area (Å²) in [4.78, 5) is 13.0. The number of ether oxygens (including phenoxy) is 2. The van der Waals surface area contributed by atoms with Crippen LogP contribution in [0.5, 0.6) is 11.5 Å². The fraction of sp³-hybridized carbons (Fsp3) is 0.250. The highest BCUT2D eigenvalue weighted by Gasteiger charge is 2.24. The molecule has 108 valence electrons. The Morgan fingerprint density at radius 1 is 1.29 bits per heavy atom. The molecule has 5 heteroatoms. The topological polar surface area (TPSA) is 59.3 Å². The van der Waals surface area contributed by atoms with Gasteiger partial charge in [-0.05, 0) is 24.1 Å². The van der Waals surface area contributed by atoms with Gasteiger partial charge in [0.15, 0.2) is 5.78 Å². The van der Waals surface area contributed by atoms with Crippen LogP contribution in [0, 0.1) is 18.3 Å². The van der Waals surface area contributed by atoms with Crippen LogP contribution in [0.1, 0.15) is 26.7 Å². The van der Waals surface area contributed by atoms with E-state index in [4.69, 9.17) is 9.47 Å². The van der Waals surface area contributed by atoms with Gasteiger partial charge in [-0.15, -0.1) is 11.3 Å². The number of carbonyl (C=O) groups is 1. The largest absolute Gasteiger partial charge is 0.496 e. The van der Waals surface area contributed by atoms with E-state index >= 15 is 0 Å². The minimum atomic E-state index is -0.845. The Balaban J connectivity index is 2.35. The van der Waals surface area contributed by atoms with Gasteiger partial charge in [0, 0.05) is 11.4 Å². The molecule has 0 aliphatic carbocycles. The van der Waals surface area contributed by atoms with E-state index in [0.717, 1.165) is 5.56 Å². The summed E-state index contributed by atoms with van der Waals surface area (Å²) in [6.45, 7) is 1.91. The third-order valence-electron chi connectivity index (χ3n) is 3.21. The smallest absolute Gasteiger partial charge is 0.194 e. The van der Waals surface area contributed by atoms with Crippen LogP contribution in [-0.2, 0) is 0 Å². The van der Waals surface area contributed by atoms with Crippen molar-refractivity contribution in [1.82, 2.24) is 0 Å². The van der Waals surface area contributed by atoms with Gasteiger partial charge in [0.05, 0.1) is 25.2 Å². The lowest BCUT2D eigenvalue weighted by Gasteiger charge is -2.11. The Morgan fingerprint density at radius 3 is 2.62 bits per heavy atom. The number of carbonyl (C=O) groups excluding carboxylic acids is 1. The lowest BCUT2D eigenvalue weighted by Crippen LogP contribution is -2.10. The number of methoxy groups -OCH3 is 2. The molecule has 1 aromatic carbocycles. The second kappa shape index (κ2) is 6.42. The maximum absolute atomic E-state index is 12.5. The number of nitrogens with zero attached hydrogens (tertiary/aromatic N) is 1. The van der Waals surface area contributed by atoms with Gasteiger partial charge < -0.3 is 9.47 Å². The number of ketones is 1. The van der Waals surface area contributed by atoms with Gasteiger partial charge in [-0.2, -0.15) is 5.26 Å². The summed E-state index contributed by atoms with van der Waals surface area (Å²) in [5, 5.41) is 11.1. The first-order valence-corrected chi connectivity index (χ1v) is 7.19. The molecule has 0 aliphatic heterocycles. The van der Waals surface area contributed by atoms with Crippen LogP contribution in [0.4, 0.5) is 0 Å². The summed E-state index contributed by atoms with van der Waals surface area (Å²) in [7, 11) is 3.11. The van der Waals surface area contributed by atoms with Crippen molar-refractivity contribution in [3.63, 3.8) is 0 Å². The molecule has 0 bridgehead atoms. The Kier molecular flexibility index (Phi) is 4.61. The van der Waals surface area contributed by atoms with E-state index in [2.05, 4.69) is 6.07 Å². The van der Waals surface area contributed by atoms with Gasteiger partial charge in [0.25, 0.3) is 0 Å². The fourth-order valence-corrected chi connectivity index (χ4v) is 2.82. The molecule has 1 atom stereocenters. The van der Waals surface area contributed by atoms with Gasteiger partial charge in [0.2, 0.25) is 0 Å². The third kappa shape index (κ3) is 3.06. The molecular weight excluding hydrogens is 286 g/mol.